The first-order valence-corrected chi connectivity index (χ1v) is 6.68. The summed E-state index contributed by atoms with van der Waals surface area (Å²) in [5, 5.41) is 0. The third-order valence-corrected chi connectivity index (χ3v) is 2.55. The van der Waals surface area contributed by atoms with Crippen molar-refractivity contribution >= 4 is 0 Å². The molecule has 0 aromatic rings. The molecule has 0 aromatic carbocycles. The average Bonchev–Trinajstić information content (AvgIpc) is 2.71. The SMILES string of the molecule is COCCOCCOCCOCC1COC(C)(C)O1. The predicted octanol–water partition coefficient (Wildman–Crippen LogP) is 0.834. The first kappa shape index (κ1) is 16.8. The zero-order valence-corrected chi connectivity index (χ0v) is 12.2. The highest BCUT2D eigenvalue weighted by Crippen LogP contribution is 2.22. The monoisotopic (exact) mass is 278 g/mol. The fourth-order valence-electron chi connectivity index (χ4n) is 1.64. The van der Waals surface area contributed by atoms with Crippen LogP contribution < -0.4 is 0 Å². The van der Waals surface area contributed by atoms with Crippen LogP contribution in [0.2, 0.25) is 0 Å². The molecule has 1 unspecified atom stereocenters. The van der Waals surface area contributed by atoms with Crippen LogP contribution in [-0.2, 0) is 28.4 Å². The lowest BCUT2D eigenvalue weighted by Crippen LogP contribution is -2.24. The Morgan fingerprint density at radius 2 is 1.53 bits per heavy atom. The van der Waals surface area contributed by atoms with Gasteiger partial charge in [-0.05, 0) is 13.8 Å². The zero-order chi connectivity index (χ0) is 14.0. The molecule has 0 aromatic heterocycles. The molecule has 0 amide bonds. The molecule has 1 fully saturated rings. The molecule has 1 saturated heterocycles. The standard InChI is InChI=1S/C13H26O6/c1-13(2)18-11-12(19-13)10-17-9-8-16-7-6-15-5-4-14-3/h12H,4-11H2,1-3H3. The van der Waals surface area contributed by atoms with E-state index in [9.17, 15) is 0 Å². The molecule has 1 aliphatic heterocycles. The van der Waals surface area contributed by atoms with Gasteiger partial charge in [0, 0.05) is 7.11 Å². The van der Waals surface area contributed by atoms with Gasteiger partial charge in [0.05, 0.1) is 52.9 Å². The predicted molar refractivity (Wildman–Crippen MR) is 69.2 cm³/mol. The first-order valence-electron chi connectivity index (χ1n) is 6.68. The molecular weight excluding hydrogens is 252 g/mol. The van der Waals surface area contributed by atoms with Gasteiger partial charge in [0.25, 0.3) is 0 Å². The normalized spacial score (nSPS) is 21.9. The summed E-state index contributed by atoms with van der Waals surface area (Å²) >= 11 is 0. The minimum atomic E-state index is -0.482. The summed E-state index contributed by atoms with van der Waals surface area (Å²) in [6.45, 7) is 8.41. The van der Waals surface area contributed by atoms with Gasteiger partial charge in [0.2, 0.25) is 0 Å². The summed E-state index contributed by atoms with van der Waals surface area (Å²) in [7, 11) is 1.65. The number of methoxy groups -OCH3 is 1. The van der Waals surface area contributed by atoms with Gasteiger partial charge in [0.1, 0.15) is 6.10 Å². The molecule has 6 nitrogen and oxygen atoms in total. The summed E-state index contributed by atoms with van der Waals surface area (Å²) in [5.41, 5.74) is 0. The van der Waals surface area contributed by atoms with Crippen LogP contribution in [0.25, 0.3) is 0 Å². The van der Waals surface area contributed by atoms with Crippen molar-refractivity contribution in [1.82, 2.24) is 0 Å². The van der Waals surface area contributed by atoms with E-state index < -0.39 is 5.79 Å². The van der Waals surface area contributed by atoms with Gasteiger partial charge in [0.15, 0.2) is 5.79 Å². The summed E-state index contributed by atoms with van der Waals surface area (Å²) < 4.78 is 32.0. The Morgan fingerprint density at radius 3 is 2.05 bits per heavy atom. The van der Waals surface area contributed by atoms with Gasteiger partial charge in [-0.25, -0.2) is 0 Å². The van der Waals surface area contributed by atoms with Gasteiger partial charge in [-0.3, -0.25) is 0 Å². The molecule has 19 heavy (non-hydrogen) atoms. The van der Waals surface area contributed by atoms with E-state index in [2.05, 4.69) is 0 Å². The highest BCUT2D eigenvalue weighted by atomic mass is 16.7. The molecule has 0 radical (unpaired) electrons. The van der Waals surface area contributed by atoms with E-state index in [1.807, 2.05) is 13.8 Å². The molecule has 0 saturated carbocycles. The molecule has 1 aliphatic rings. The topological polar surface area (TPSA) is 55.4 Å². The van der Waals surface area contributed by atoms with Crippen molar-refractivity contribution in [3.8, 4) is 0 Å². The van der Waals surface area contributed by atoms with Crippen LogP contribution >= 0.6 is 0 Å². The zero-order valence-electron chi connectivity index (χ0n) is 12.2. The molecule has 0 bridgehead atoms. The maximum Gasteiger partial charge on any atom is 0.163 e. The van der Waals surface area contributed by atoms with E-state index in [0.29, 0.717) is 52.9 Å². The van der Waals surface area contributed by atoms with Gasteiger partial charge in [-0.1, -0.05) is 0 Å². The van der Waals surface area contributed by atoms with Crippen LogP contribution in [0.5, 0.6) is 0 Å². The third kappa shape index (κ3) is 8.52. The Labute approximate surface area is 115 Å². The molecular formula is C13H26O6. The highest BCUT2D eigenvalue weighted by molar-refractivity contribution is 4.70. The van der Waals surface area contributed by atoms with E-state index in [4.69, 9.17) is 28.4 Å². The minimum absolute atomic E-state index is 0.0207. The maximum absolute atomic E-state index is 5.61. The molecule has 1 atom stereocenters. The third-order valence-electron chi connectivity index (χ3n) is 2.55. The number of rotatable bonds is 11. The van der Waals surface area contributed by atoms with Crippen LogP contribution in [0.15, 0.2) is 0 Å². The van der Waals surface area contributed by atoms with E-state index in [1.54, 1.807) is 7.11 Å². The summed E-state index contributed by atoms with van der Waals surface area (Å²) in [6.07, 6.45) is 0.0207. The molecule has 0 spiro atoms. The second kappa shape index (κ2) is 9.63. The Bertz CT molecular complexity index is 221. The summed E-state index contributed by atoms with van der Waals surface area (Å²) in [4.78, 5) is 0. The van der Waals surface area contributed by atoms with Crippen molar-refractivity contribution in [2.24, 2.45) is 0 Å². The summed E-state index contributed by atoms with van der Waals surface area (Å²) in [5.74, 6) is -0.482. The minimum Gasteiger partial charge on any atom is -0.382 e. The Hall–Kier alpha value is -0.240. The van der Waals surface area contributed by atoms with Gasteiger partial charge >= 0.3 is 0 Å². The van der Waals surface area contributed by atoms with Crippen LogP contribution in [-0.4, -0.2) is 71.9 Å². The van der Waals surface area contributed by atoms with Crippen LogP contribution in [0.1, 0.15) is 13.8 Å². The van der Waals surface area contributed by atoms with E-state index in [-0.39, 0.29) is 6.10 Å². The van der Waals surface area contributed by atoms with Crippen molar-refractivity contribution in [2.75, 3.05) is 60.0 Å². The Morgan fingerprint density at radius 1 is 0.947 bits per heavy atom. The fourth-order valence-corrected chi connectivity index (χ4v) is 1.64. The number of hydrogen-bond acceptors (Lipinski definition) is 6. The van der Waals surface area contributed by atoms with Gasteiger partial charge < -0.3 is 28.4 Å². The van der Waals surface area contributed by atoms with Crippen LogP contribution in [0.4, 0.5) is 0 Å². The highest BCUT2D eigenvalue weighted by Gasteiger charge is 2.32. The van der Waals surface area contributed by atoms with Crippen molar-refractivity contribution in [3.63, 3.8) is 0 Å². The van der Waals surface area contributed by atoms with E-state index >= 15 is 0 Å². The molecule has 0 N–H and O–H groups in total. The van der Waals surface area contributed by atoms with Crippen molar-refractivity contribution in [2.45, 2.75) is 25.7 Å². The lowest BCUT2D eigenvalue weighted by atomic mass is 10.4. The molecule has 0 aliphatic carbocycles. The average molecular weight is 278 g/mol. The number of hydrogen-bond donors (Lipinski definition) is 0. The number of ether oxygens (including phenoxy) is 6. The quantitative estimate of drug-likeness (QED) is 0.522. The van der Waals surface area contributed by atoms with Crippen molar-refractivity contribution < 1.29 is 28.4 Å². The second-order valence-corrected chi connectivity index (χ2v) is 4.74. The molecule has 1 heterocycles. The van der Waals surface area contributed by atoms with E-state index in [0.717, 1.165) is 0 Å². The molecule has 6 heteroatoms. The van der Waals surface area contributed by atoms with Crippen molar-refractivity contribution in [1.29, 1.82) is 0 Å². The second-order valence-electron chi connectivity index (χ2n) is 4.74. The van der Waals surface area contributed by atoms with Crippen LogP contribution in [0.3, 0.4) is 0 Å². The smallest absolute Gasteiger partial charge is 0.163 e. The van der Waals surface area contributed by atoms with Gasteiger partial charge in [-0.15, -0.1) is 0 Å². The van der Waals surface area contributed by atoms with Crippen LogP contribution in [0, 0.1) is 0 Å². The fraction of sp³-hybridized carbons (Fsp3) is 1.00. The van der Waals surface area contributed by atoms with Gasteiger partial charge in [-0.2, -0.15) is 0 Å². The van der Waals surface area contributed by atoms with E-state index in [1.165, 1.54) is 0 Å². The first-order chi connectivity index (χ1) is 9.14. The maximum atomic E-state index is 5.61. The largest absolute Gasteiger partial charge is 0.382 e. The lowest BCUT2D eigenvalue weighted by molar-refractivity contribution is -0.145. The van der Waals surface area contributed by atoms with Crippen molar-refractivity contribution in [3.05, 3.63) is 0 Å². The molecule has 1 rings (SSSR count). The Balaban J connectivity index is 1.79. The summed E-state index contributed by atoms with van der Waals surface area (Å²) in [6, 6.07) is 0. The Kier molecular flexibility index (Phi) is 8.52. The molecule has 114 valence electrons. The lowest BCUT2D eigenvalue weighted by Gasteiger charge is -2.17.